The molecule has 0 unspecified atom stereocenters. The molecule has 7 heteroatoms. The van der Waals surface area contributed by atoms with E-state index in [4.69, 9.17) is 23.2 Å². The van der Waals surface area contributed by atoms with Gasteiger partial charge in [0.1, 0.15) is 10.8 Å². The van der Waals surface area contributed by atoms with Gasteiger partial charge in [-0.1, -0.05) is 11.6 Å². The monoisotopic (exact) mass is 243 g/mol. The molecule has 0 aliphatic heterocycles. The molecule has 0 amide bonds. The van der Waals surface area contributed by atoms with Gasteiger partial charge in [-0.2, -0.15) is 10.1 Å². The molecule has 0 aliphatic rings. The lowest BCUT2D eigenvalue weighted by atomic mass is 10.3. The highest BCUT2D eigenvalue weighted by molar-refractivity contribution is 6.33. The van der Waals surface area contributed by atoms with Crippen LogP contribution in [0.25, 0.3) is 0 Å². The smallest absolute Gasteiger partial charge is 0.224 e. The Labute approximate surface area is 95.8 Å². The van der Waals surface area contributed by atoms with Gasteiger partial charge in [-0.15, -0.1) is 0 Å². The summed E-state index contributed by atoms with van der Waals surface area (Å²) < 4.78 is 0. The molecule has 2 aromatic heterocycles. The van der Waals surface area contributed by atoms with E-state index in [9.17, 15) is 0 Å². The van der Waals surface area contributed by atoms with E-state index in [-0.39, 0.29) is 5.28 Å². The van der Waals surface area contributed by atoms with Gasteiger partial charge < -0.3 is 5.32 Å². The predicted octanol–water partition coefficient (Wildman–Crippen LogP) is 2.12. The Morgan fingerprint density at radius 2 is 2.20 bits per heavy atom. The topological polar surface area (TPSA) is 66.5 Å². The Balaban J connectivity index is 2.07. The zero-order valence-corrected chi connectivity index (χ0v) is 9.05. The van der Waals surface area contributed by atoms with Gasteiger partial charge in [-0.25, -0.2) is 4.98 Å². The van der Waals surface area contributed by atoms with Crippen molar-refractivity contribution in [1.82, 2.24) is 20.2 Å². The first-order chi connectivity index (χ1) is 7.25. The zero-order valence-electron chi connectivity index (χ0n) is 7.54. The molecular weight excluding hydrogens is 237 g/mol. The number of H-pyrrole nitrogens is 1. The minimum absolute atomic E-state index is 0.161. The first kappa shape index (κ1) is 10.2. The van der Waals surface area contributed by atoms with E-state index in [1.54, 1.807) is 12.4 Å². The quantitative estimate of drug-likeness (QED) is 0.811. The van der Waals surface area contributed by atoms with Crippen LogP contribution in [-0.4, -0.2) is 20.2 Å². The number of hydrogen-bond donors (Lipinski definition) is 2. The highest BCUT2D eigenvalue weighted by atomic mass is 35.5. The Morgan fingerprint density at radius 3 is 2.93 bits per heavy atom. The number of rotatable bonds is 3. The number of nitrogens with zero attached hydrogens (tertiary/aromatic N) is 3. The minimum atomic E-state index is 0.161. The lowest BCUT2D eigenvalue weighted by Gasteiger charge is -2.05. The molecule has 2 N–H and O–H groups in total. The normalized spacial score (nSPS) is 10.3. The third-order valence-corrected chi connectivity index (χ3v) is 2.19. The second kappa shape index (κ2) is 4.46. The molecule has 2 aromatic rings. The van der Waals surface area contributed by atoms with Crippen LogP contribution in [-0.2, 0) is 6.54 Å². The highest BCUT2D eigenvalue weighted by Crippen LogP contribution is 2.19. The predicted molar refractivity (Wildman–Crippen MR) is 58.0 cm³/mol. The van der Waals surface area contributed by atoms with Crippen molar-refractivity contribution in [2.45, 2.75) is 6.54 Å². The van der Waals surface area contributed by atoms with E-state index in [2.05, 4.69) is 25.5 Å². The van der Waals surface area contributed by atoms with Gasteiger partial charge in [-0.3, -0.25) is 5.10 Å². The Bertz CT molecular complexity index is 442. The fourth-order valence-corrected chi connectivity index (χ4v) is 1.32. The van der Waals surface area contributed by atoms with Crippen LogP contribution in [0.3, 0.4) is 0 Å². The molecule has 0 aliphatic carbocycles. The second-order valence-electron chi connectivity index (χ2n) is 2.80. The molecule has 0 atom stereocenters. The molecule has 78 valence electrons. The molecule has 0 saturated heterocycles. The number of hydrogen-bond acceptors (Lipinski definition) is 4. The summed E-state index contributed by atoms with van der Waals surface area (Å²) in [6.07, 6.45) is 4.95. The fourth-order valence-electron chi connectivity index (χ4n) is 1.03. The Hall–Kier alpha value is -1.33. The van der Waals surface area contributed by atoms with Crippen LogP contribution in [0.4, 0.5) is 5.82 Å². The van der Waals surface area contributed by atoms with Crippen LogP contribution >= 0.6 is 23.2 Å². The summed E-state index contributed by atoms with van der Waals surface area (Å²) in [7, 11) is 0. The maximum absolute atomic E-state index is 5.87. The number of aromatic amines is 1. The van der Waals surface area contributed by atoms with Gasteiger partial charge in [0.15, 0.2) is 0 Å². The maximum atomic E-state index is 5.87. The van der Waals surface area contributed by atoms with Gasteiger partial charge in [0, 0.05) is 18.3 Å². The van der Waals surface area contributed by atoms with Crippen molar-refractivity contribution >= 4 is 29.0 Å². The standard InChI is InChI=1S/C8H7Cl2N5/c9-6-4-12-8(10)15-7(6)11-1-5-2-13-14-3-5/h2-4H,1H2,(H,13,14)(H,11,12,15). The molecule has 2 heterocycles. The molecule has 0 saturated carbocycles. The summed E-state index contributed by atoms with van der Waals surface area (Å²) in [5.74, 6) is 0.512. The number of nitrogens with one attached hydrogen (secondary N) is 2. The van der Waals surface area contributed by atoms with Crippen molar-refractivity contribution in [3.8, 4) is 0 Å². The van der Waals surface area contributed by atoms with E-state index >= 15 is 0 Å². The third-order valence-electron chi connectivity index (χ3n) is 1.73. The summed E-state index contributed by atoms with van der Waals surface area (Å²) in [5, 5.41) is 10.2. The van der Waals surface area contributed by atoms with Crippen LogP contribution in [0.15, 0.2) is 18.6 Å². The van der Waals surface area contributed by atoms with Crippen LogP contribution < -0.4 is 5.32 Å². The van der Waals surface area contributed by atoms with Gasteiger partial charge in [0.2, 0.25) is 5.28 Å². The van der Waals surface area contributed by atoms with Crippen molar-refractivity contribution in [3.05, 3.63) is 34.5 Å². The van der Waals surface area contributed by atoms with Gasteiger partial charge >= 0.3 is 0 Å². The van der Waals surface area contributed by atoms with Crippen molar-refractivity contribution in [2.75, 3.05) is 5.32 Å². The fraction of sp³-hybridized carbons (Fsp3) is 0.125. The van der Waals surface area contributed by atoms with Gasteiger partial charge in [0.05, 0.1) is 12.4 Å². The highest BCUT2D eigenvalue weighted by Gasteiger charge is 2.03. The van der Waals surface area contributed by atoms with Crippen LogP contribution in [0, 0.1) is 0 Å². The van der Waals surface area contributed by atoms with Crippen LogP contribution in [0.2, 0.25) is 10.3 Å². The first-order valence-electron chi connectivity index (χ1n) is 4.15. The van der Waals surface area contributed by atoms with E-state index < -0.39 is 0 Å². The summed E-state index contributed by atoms with van der Waals surface area (Å²) in [6.45, 7) is 0.573. The average Bonchev–Trinajstić information content (AvgIpc) is 2.72. The largest absolute Gasteiger partial charge is 0.364 e. The van der Waals surface area contributed by atoms with Crippen molar-refractivity contribution in [3.63, 3.8) is 0 Å². The number of halogens is 2. The summed E-state index contributed by atoms with van der Waals surface area (Å²) in [6, 6.07) is 0. The van der Waals surface area contributed by atoms with E-state index in [0.717, 1.165) is 5.56 Å². The SMILES string of the molecule is Clc1ncc(Cl)c(NCc2cn[nH]c2)n1. The average molecular weight is 244 g/mol. The third kappa shape index (κ3) is 2.57. The molecule has 0 spiro atoms. The van der Waals surface area contributed by atoms with Crippen molar-refractivity contribution < 1.29 is 0 Å². The van der Waals surface area contributed by atoms with Crippen LogP contribution in [0.1, 0.15) is 5.56 Å². The van der Waals surface area contributed by atoms with Crippen LogP contribution in [0.5, 0.6) is 0 Å². The maximum Gasteiger partial charge on any atom is 0.224 e. The van der Waals surface area contributed by atoms with Crippen molar-refractivity contribution in [2.24, 2.45) is 0 Å². The Kier molecular flexibility index (Phi) is 3.03. The summed E-state index contributed by atoms with van der Waals surface area (Å²) in [5.41, 5.74) is 1.00. The molecule has 5 nitrogen and oxygen atoms in total. The van der Waals surface area contributed by atoms with E-state index in [1.807, 2.05) is 0 Å². The summed E-state index contributed by atoms with van der Waals surface area (Å²) >= 11 is 11.5. The van der Waals surface area contributed by atoms with E-state index in [0.29, 0.717) is 17.4 Å². The van der Waals surface area contributed by atoms with Gasteiger partial charge in [0.25, 0.3) is 0 Å². The molecule has 2 rings (SSSR count). The lowest BCUT2D eigenvalue weighted by Crippen LogP contribution is -2.01. The molecule has 15 heavy (non-hydrogen) atoms. The molecule has 0 fully saturated rings. The molecule has 0 aromatic carbocycles. The molecule has 0 radical (unpaired) electrons. The zero-order chi connectivity index (χ0) is 10.7. The second-order valence-corrected chi connectivity index (χ2v) is 3.54. The summed E-state index contributed by atoms with van der Waals surface area (Å²) in [4.78, 5) is 7.70. The number of aromatic nitrogens is 4. The van der Waals surface area contributed by atoms with E-state index in [1.165, 1.54) is 6.20 Å². The minimum Gasteiger partial charge on any atom is -0.364 e. The lowest BCUT2D eigenvalue weighted by molar-refractivity contribution is 1.08. The van der Waals surface area contributed by atoms with Crippen molar-refractivity contribution in [1.29, 1.82) is 0 Å². The molecule has 0 bridgehead atoms. The molecular formula is C8H7Cl2N5. The van der Waals surface area contributed by atoms with Gasteiger partial charge in [-0.05, 0) is 11.6 Å². The first-order valence-corrected chi connectivity index (χ1v) is 4.91. The number of anilines is 1. The Morgan fingerprint density at radius 1 is 1.33 bits per heavy atom.